The fourth-order valence-electron chi connectivity index (χ4n) is 2.10. The fourth-order valence-corrected chi connectivity index (χ4v) is 2.59. The van der Waals surface area contributed by atoms with Crippen LogP contribution in [0.2, 0.25) is 0 Å². The molecular weight excluding hydrogens is 292 g/mol. The Balaban J connectivity index is 2.11. The summed E-state index contributed by atoms with van der Waals surface area (Å²) in [5.41, 5.74) is 0.960. The van der Waals surface area contributed by atoms with Crippen molar-refractivity contribution < 1.29 is 9.53 Å². The molecule has 2 nitrogen and oxygen atoms in total. The van der Waals surface area contributed by atoms with Crippen molar-refractivity contribution in [1.82, 2.24) is 0 Å². The average Bonchev–Trinajstić information content (AvgIpc) is 2.96. The molecule has 1 fully saturated rings. The summed E-state index contributed by atoms with van der Waals surface area (Å²) in [6.45, 7) is 7.05. The molecule has 0 aliphatic heterocycles. The monoisotopic (exact) mass is 310 g/mol. The highest BCUT2D eigenvalue weighted by atomic mass is 79.9. The maximum atomic E-state index is 12.2. The smallest absolute Gasteiger partial charge is 0.166 e. The summed E-state index contributed by atoms with van der Waals surface area (Å²) >= 11 is 3.47. The van der Waals surface area contributed by atoms with Gasteiger partial charge in [-0.25, -0.2) is 0 Å². The van der Waals surface area contributed by atoms with E-state index in [0.29, 0.717) is 6.61 Å². The molecule has 1 saturated carbocycles. The number of rotatable bonds is 5. The summed E-state index contributed by atoms with van der Waals surface area (Å²) < 4.78 is 6.44. The number of benzene rings is 1. The molecule has 0 saturated heterocycles. The summed E-state index contributed by atoms with van der Waals surface area (Å²) in [7, 11) is 0. The van der Waals surface area contributed by atoms with Crippen molar-refractivity contribution in [3.63, 3.8) is 0 Å². The highest BCUT2D eigenvalue weighted by Crippen LogP contribution is 2.53. The Bertz CT molecular complexity index is 466. The van der Waals surface area contributed by atoms with Crippen LogP contribution >= 0.6 is 15.9 Å². The molecule has 3 heteroatoms. The minimum Gasteiger partial charge on any atom is -0.492 e. The van der Waals surface area contributed by atoms with E-state index in [9.17, 15) is 4.79 Å². The third-order valence-electron chi connectivity index (χ3n) is 3.51. The number of carbonyl (C=O) groups excluding carboxylic acids is 1. The standard InChI is InChI=1S/C15H19BrO2/c1-4-7-18-13-6-5-10(8-12(13)16)14(17)11-9-15(11,2)3/h5-6,8,11H,4,7,9H2,1-3H3. The molecular formula is C15H19BrO2. The zero-order valence-corrected chi connectivity index (χ0v) is 12.7. The van der Waals surface area contributed by atoms with Crippen LogP contribution < -0.4 is 4.74 Å². The summed E-state index contributed by atoms with van der Waals surface area (Å²) in [6, 6.07) is 5.62. The summed E-state index contributed by atoms with van der Waals surface area (Å²) in [6.07, 6.45) is 1.97. The Morgan fingerprint density at radius 3 is 2.67 bits per heavy atom. The summed E-state index contributed by atoms with van der Waals surface area (Å²) in [5.74, 6) is 1.25. The molecule has 0 N–H and O–H groups in total. The van der Waals surface area contributed by atoms with Crippen LogP contribution in [0.15, 0.2) is 22.7 Å². The first-order valence-electron chi connectivity index (χ1n) is 6.42. The van der Waals surface area contributed by atoms with Gasteiger partial charge < -0.3 is 4.74 Å². The molecule has 1 aromatic carbocycles. The Hall–Kier alpha value is -0.830. The van der Waals surface area contributed by atoms with E-state index in [-0.39, 0.29) is 17.1 Å². The Kier molecular flexibility index (Phi) is 3.81. The highest BCUT2D eigenvalue weighted by molar-refractivity contribution is 9.10. The predicted octanol–water partition coefficient (Wildman–Crippen LogP) is 4.47. The number of ether oxygens (including phenoxy) is 1. The van der Waals surface area contributed by atoms with Crippen LogP contribution in [-0.2, 0) is 0 Å². The molecule has 0 radical (unpaired) electrons. The largest absolute Gasteiger partial charge is 0.492 e. The van der Waals surface area contributed by atoms with Gasteiger partial charge in [0.25, 0.3) is 0 Å². The van der Waals surface area contributed by atoms with E-state index < -0.39 is 0 Å². The van der Waals surface area contributed by atoms with Gasteiger partial charge in [-0.3, -0.25) is 4.79 Å². The van der Waals surface area contributed by atoms with E-state index in [1.807, 2.05) is 18.2 Å². The first-order valence-corrected chi connectivity index (χ1v) is 7.21. The Morgan fingerprint density at radius 1 is 1.50 bits per heavy atom. The lowest BCUT2D eigenvalue weighted by molar-refractivity contribution is 0.0953. The molecule has 2 rings (SSSR count). The molecule has 0 bridgehead atoms. The van der Waals surface area contributed by atoms with Crippen LogP contribution in [0.5, 0.6) is 5.75 Å². The van der Waals surface area contributed by atoms with Crippen molar-refractivity contribution in [2.75, 3.05) is 6.61 Å². The SMILES string of the molecule is CCCOc1ccc(C(=O)C2CC2(C)C)cc1Br. The number of carbonyl (C=O) groups is 1. The van der Waals surface area contributed by atoms with Crippen molar-refractivity contribution in [3.05, 3.63) is 28.2 Å². The zero-order valence-electron chi connectivity index (χ0n) is 11.1. The molecule has 1 aromatic rings. The first kappa shape index (κ1) is 13.6. The predicted molar refractivity (Wildman–Crippen MR) is 76.1 cm³/mol. The number of halogens is 1. The molecule has 98 valence electrons. The average molecular weight is 311 g/mol. The van der Waals surface area contributed by atoms with E-state index in [2.05, 4.69) is 36.7 Å². The minimum absolute atomic E-state index is 0.181. The molecule has 0 spiro atoms. The van der Waals surface area contributed by atoms with Gasteiger partial charge >= 0.3 is 0 Å². The van der Waals surface area contributed by atoms with Crippen molar-refractivity contribution in [2.24, 2.45) is 11.3 Å². The molecule has 1 aliphatic carbocycles. The first-order chi connectivity index (χ1) is 8.45. The Labute approximate surface area is 117 Å². The van der Waals surface area contributed by atoms with E-state index in [1.54, 1.807) is 0 Å². The summed E-state index contributed by atoms with van der Waals surface area (Å²) in [4.78, 5) is 12.2. The maximum absolute atomic E-state index is 12.2. The van der Waals surface area contributed by atoms with Gasteiger partial charge in [0.1, 0.15) is 5.75 Å². The van der Waals surface area contributed by atoms with Gasteiger partial charge in [0.2, 0.25) is 0 Å². The lowest BCUT2D eigenvalue weighted by atomic mass is 10.0. The van der Waals surface area contributed by atoms with E-state index in [4.69, 9.17) is 4.74 Å². The normalized spacial score (nSPS) is 20.6. The van der Waals surface area contributed by atoms with E-state index >= 15 is 0 Å². The number of Topliss-reactive ketones (excluding diaryl/α,β-unsaturated/α-hetero) is 1. The van der Waals surface area contributed by atoms with Crippen LogP contribution in [0.25, 0.3) is 0 Å². The second-order valence-corrected chi connectivity index (χ2v) is 6.46. The molecule has 18 heavy (non-hydrogen) atoms. The Morgan fingerprint density at radius 2 is 2.17 bits per heavy atom. The quantitative estimate of drug-likeness (QED) is 0.750. The molecule has 1 atom stereocenters. The number of hydrogen-bond donors (Lipinski definition) is 0. The van der Waals surface area contributed by atoms with Crippen molar-refractivity contribution in [3.8, 4) is 5.75 Å². The molecule has 1 unspecified atom stereocenters. The second kappa shape index (κ2) is 5.04. The van der Waals surface area contributed by atoms with Gasteiger partial charge in [0, 0.05) is 11.5 Å². The van der Waals surface area contributed by atoms with Crippen molar-refractivity contribution in [1.29, 1.82) is 0 Å². The summed E-state index contributed by atoms with van der Waals surface area (Å²) in [5, 5.41) is 0. The van der Waals surface area contributed by atoms with E-state index in [0.717, 1.165) is 28.6 Å². The molecule has 0 heterocycles. The van der Waals surface area contributed by atoms with Gasteiger partial charge in [-0.05, 0) is 52.4 Å². The minimum atomic E-state index is 0.181. The lowest BCUT2D eigenvalue weighted by Crippen LogP contribution is -2.07. The topological polar surface area (TPSA) is 26.3 Å². The third-order valence-corrected chi connectivity index (χ3v) is 4.13. The molecule has 0 aromatic heterocycles. The zero-order chi connectivity index (χ0) is 13.3. The van der Waals surface area contributed by atoms with Gasteiger partial charge in [0.15, 0.2) is 5.78 Å². The van der Waals surface area contributed by atoms with Gasteiger partial charge in [-0.1, -0.05) is 20.8 Å². The maximum Gasteiger partial charge on any atom is 0.166 e. The third kappa shape index (κ3) is 2.77. The van der Waals surface area contributed by atoms with Gasteiger partial charge in [0.05, 0.1) is 11.1 Å². The highest BCUT2D eigenvalue weighted by Gasteiger charge is 2.50. The molecule has 0 amide bonds. The van der Waals surface area contributed by atoms with Crippen LogP contribution in [-0.4, -0.2) is 12.4 Å². The van der Waals surface area contributed by atoms with Crippen LogP contribution in [0.3, 0.4) is 0 Å². The van der Waals surface area contributed by atoms with Gasteiger partial charge in [-0.15, -0.1) is 0 Å². The van der Waals surface area contributed by atoms with Gasteiger partial charge in [-0.2, -0.15) is 0 Å². The van der Waals surface area contributed by atoms with Crippen molar-refractivity contribution >= 4 is 21.7 Å². The molecule has 1 aliphatic rings. The van der Waals surface area contributed by atoms with Crippen LogP contribution in [0, 0.1) is 11.3 Å². The second-order valence-electron chi connectivity index (χ2n) is 5.60. The van der Waals surface area contributed by atoms with Crippen LogP contribution in [0.4, 0.5) is 0 Å². The number of hydrogen-bond acceptors (Lipinski definition) is 2. The van der Waals surface area contributed by atoms with E-state index in [1.165, 1.54) is 0 Å². The van der Waals surface area contributed by atoms with Crippen LogP contribution in [0.1, 0.15) is 44.0 Å². The lowest BCUT2D eigenvalue weighted by Gasteiger charge is -2.09. The fraction of sp³-hybridized carbons (Fsp3) is 0.533. The number of ketones is 1. The van der Waals surface area contributed by atoms with Crippen molar-refractivity contribution in [2.45, 2.75) is 33.6 Å².